The molecule has 1 saturated heterocycles. The van der Waals surface area contributed by atoms with Gasteiger partial charge in [-0.1, -0.05) is 84.6 Å². The topological polar surface area (TPSA) is 9.23 Å². The summed E-state index contributed by atoms with van der Waals surface area (Å²) in [5, 5.41) is 4.08. The molecule has 37 heavy (non-hydrogen) atoms. The highest BCUT2D eigenvalue weighted by atomic mass is 31.2. The number of benzene rings is 4. The predicted octanol–water partition coefficient (Wildman–Crippen LogP) is 6.84. The molecule has 0 aliphatic carbocycles. The van der Waals surface area contributed by atoms with E-state index in [4.69, 9.17) is 4.74 Å². The molecule has 2 unspecified atom stereocenters. The highest BCUT2D eigenvalue weighted by Crippen LogP contribution is 2.63. The molecule has 1 aliphatic heterocycles. The average molecular weight is 520 g/mol. The zero-order valence-corrected chi connectivity index (χ0v) is 21.0. The van der Waals surface area contributed by atoms with Gasteiger partial charge in [-0.25, -0.2) is 0 Å². The Bertz CT molecular complexity index is 1200. The van der Waals surface area contributed by atoms with E-state index in [1.54, 1.807) is 0 Å². The molecule has 0 N–H and O–H groups in total. The molecule has 1 fully saturated rings. The van der Waals surface area contributed by atoms with Crippen LogP contribution in [0.3, 0.4) is 0 Å². The van der Waals surface area contributed by atoms with Crippen molar-refractivity contribution >= 4 is 30.4 Å². The van der Waals surface area contributed by atoms with Crippen molar-refractivity contribution in [3.05, 3.63) is 127 Å². The van der Waals surface area contributed by atoms with E-state index in [-0.39, 0.29) is 11.9 Å². The fourth-order valence-electron chi connectivity index (χ4n) is 4.63. The number of rotatable bonds is 4. The lowest BCUT2D eigenvalue weighted by Crippen LogP contribution is -2.38. The molecule has 4 aromatic rings. The summed E-state index contributed by atoms with van der Waals surface area (Å²) in [5.41, 5.74) is 1.04. The van der Waals surface area contributed by atoms with Crippen molar-refractivity contribution in [2.75, 3.05) is 0 Å². The Morgan fingerprint density at radius 3 is 1.38 bits per heavy atom. The second kappa shape index (κ2) is 12.2. The van der Waals surface area contributed by atoms with E-state index in [9.17, 15) is 17.3 Å². The summed E-state index contributed by atoms with van der Waals surface area (Å²) in [4.78, 5) is 0. The first-order chi connectivity index (χ1) is 17.9. The van der Waals surface area contributed by atoms with E-state index in [2.05, 4.69) is 115 Å². The van der Waals surface area contributed by atoms with Crippen molar-refractivity contribution < 1.29 is 22.0 Å². The van der Waals surface area contributed by atoms with Gasteiger partial charge in [-0.15, -0.1) is 0 Å². The first-order valence-corrected chi connectivity index (χ1v) is 13.9. The lowest BCUT2D eigenvalue weighted by atomic mass is 10.2. The third-order valence-electron chi connectivity index (χ3n) is 6.07. The van der Waals surface area contributed by atoms with Gasteiger partial charge in [0.15, 0.2) is 5.85 Å². The van der Waals surface area contributed by atoms with E-state index in [1.807, 2.05) is 18.2 Å². The summed E-state index contributed by atoms with van der Waals surface area (Å²) < 4.78 is 45.8. The van der Waals surface area contributed by atoms with Gasteiger partial charge in [-0.3, -0.25) is 0 Å². The van der Waals surface area contributed by atoms with Crippen LogP contribution in [0.1, 0.15) is 18.4 Å². The molecule has 0 radical (unpaired) electrons. The number of halogens is 4. The summed E-state index contributed by atoms with van der Waals surface area (Å²) in [6.45, 7) is 0. The molecule has 7 heteroatoms. The zero-order chi connectivity index (χ0) is 26.1. The molecule has 1 nitrogen and oxygen atoms in total. The molecule has 0 aromatic heterocycles. The van der Waals surface area contributed by atoms with Crippen LogP contribution in [0.4, 0.5) is 17.3 Å². The molecule has 0 spiro atoms. The molecule has 0 bridgehead atoms. The average Bonchev–Trinajstić information content (AvgIpc) is 3.39. The minimum absolute atomic E-state index is 0.0456. The Balaban J connectivity index is 0.000000586. The molecule has 0 saturated carbocycles. The van der Waals surface area contributed by atoms with Crippen molar-refractivity contribution in [3.8, 4) is 11.8 Å². The van der Waals surface area contributed by atoms with Gasteiger partial charge in [0.05, 0.1) is 0 Å². The maximum absolute atomic E-state index is 9.75. The van der Waals surface area contributed by atoms with Crippen molar-refractivity contribution in [3.63, 3.8) is 0 Å². The predicted molar refractivity (Wildman–Crippen MR) is 147 cm³/mol. The molecule has 2 atom stereocenters. The third kappa shape index (κ3) is 6.89. The minimum atomic E-state index is -6.00. The first kappa shape index (κ1) is 26.7. The molecule has 5 rings (SSSR count). The van der Waals surface area contributed by atoms with Gasteiger partial charge in [0.1, 0.15) is 29.3 Å². The molecule has 4 aromatic carbocycles. The second-order valence-corrected chi connectivity index (χ2v) is 12.1. The van der Waals surface area contributed by atoms with Crippen LogP contribution in [0.2, 0.25) is 0 Å². The van der Waals surface area contributed by atoms with Crippen LogP contribution in [0.15, 0.2) is 121 Å². The second-order valence-electron chi connectivity index (χ2n) is 8.52. The molecular weight excluding hydrogens is 494 g/mol. The summed E-state index contributed by atoms with van der Waals surface area (Å²) in [7, 11) is -8.02. The summed E-state index contributed by atoms with van der Waals surface area (Å²) in [6, 6.07) is 43.0. The van der Waals surface area contributed by atoms with Crippen molar-refractivity contribution in [2.24, 2.45) is 0 Å². The van der Waals surface area contributed by atoms with Crippen molar-refractivity contribution in [2.45, 2.75) is 24.8 Å². The lowest BCUT2D eigenvalue weighted by molar-refractivity contribution is 0.127. The standard InChI is InChI=1S/C30H26OP.BF4/c1-5-13-25(14-6-1)21-22-26-23-24-30(31-26)32(27-15-7-2-8-16-27,28-17-9-3-10-18-28)29-19-11-4-12-20-29;2-1(3,4)5/h1-20,26,30H,23-24H2;/q+1;-1. The van der Waals surface area contributed by atoms with E-state index in [0.29, 0.717) is 0 Å². The van der Waals surface area contributed by atoms with Gasteiger partial charge >= 0.3 is 7.25 Å². The lowest BCUT2D eigenvalue weighted by Gasteiger charge is -2.32. The van der Waals surface area contributed by atoms with Gasteiger partial charge in [0.25, 0.3) is 0 Å². The van der Waals surface area contributed by atoms with E-state index in [1.165, 1.54) is 15.9 Å². The number of hydrogen-bond donors (Lipinski definition) is 0. The van der Waals surface area contributed by atoms with E-state index >= 15 is 0 Å². The number of hydrogen-bond acceptors (Lipinski definition) is 1. The molecule has 0 amide bonds. The van der Waals surface area contributed by atoms with Gasteiger partial charge in [0, 0.05) is 12.0 Å². The molecule has 1 aliphatic rings. The quantitative estimate of drug-likeness (QED) is 0.124. The molecular formula is C30H26BF4OP. The number of ether oxygens (including phenoxy) is 1. The van der Waals surface area contributed by atoms with Crippen LogP contribution in [0, 0.1) is 11.8 Å². The summed E-state index contributed by atoms with van der Waals surface area (Å²) >= 11 is 0. The largest absolute Gasteiger partial charge is 0.673 e. The van der Waals surface area contributed by atoms with Crippen LogP contribution < -0.4 is 15.9 Å². The van der Waals surface area contributed by atoms with Gasteiger partial charge in [-0.2, -0.15) is 0 Å². The van der Waals surface area contributed by atoms with Gasteiger partial charge in [0.2, 0.25) is 0 Å². The summed E-state index contributed by atoms with van der Waals surface area (Å²) in [6.07, 6.45) is 1.91. The third-order valence-corrected chi connectivity index (χ3v) is 10.7. The smallest absolute Gasteiger partial charge is 0.418 e. The maximum atomic E-state index is 9.75. The monoisotopic (exact) mass is 520 g/mol. The minimum Gasteiger partial charge on any atom is -0.418 e. The Kier molecular flexibility index (Phi) is 8.82. The van der Waals surface area contributed by atoms with Crippen LogP contribution in [0.5, 0.6) is 0 Å². The van der Waals surface area contributed by atoms with Crippen LogP contribution >= 0.6 is 7.26 Å². The van der Waals surface area contributed by atoms with E-state index < -0.39 is 14.5 Å². The Morgan fingerprint density at radius 1 is 0.595 bits per heavy atom. The van der Waals surface area contributed by atoms with Gasteiger partial charge in [-0.05, 0) is 55.0 Å². The Labute approximate surface area is 216 Å². The fourth-order valence-corrected chi connectivity index (χ4v) is 9.32. The Hall–Kier alpha value is -3.39. The van der Waals surface area contributed by atoms with Crippen LogP contribution in [-0.2, 0) is 4.74 Å². The highest BCUT2D eigenvalue weighted by Gasteiger charge is 2.55. The van der Waals surface area contributed by atoms with Crippen LogP contribution in [-0.4, -0.2) is 19.2 Å². The molecule has 188 valence electrons. The van der Waals surface area contributed by atoms with Crippen LogP contribution in [0.25, 0.3) is 0 Å². The maximum Gasteiger partial charge on any atom is 0.673 e. The molecule has 1 heterocycles. The first-order valence-electron chi connectivity index (χ1n) is 12.0. The van der Waals surface area contributed by atoms with Crippen molar-refractivity contribution in [1.82, 2.24) is 0 Å². The summed E-state index contributed by atoms with van der Waals surface area (Å²) in [5.74, 6) is 6.82. The van der Waals surface area contributed by atoms with Crippen molar-refractivity contribution in [1.29, 1.82) is 0 Å². The van der Waals surface area contributed by atoms with E-state index in [0.717, 1.165) is 18.4 Å². The fraction of sp³-hybridized carbons (Fsp3) is 0.133. The highest BCUT2D eigenvalue weighted by molar-refractivity contribution is 7.96. The Morgan fingerprint density at radius 2 is 0.973 bits per heavy atom. The van der Waals surface area contributed by atoms with Gasteiger partial charge < -0.3 is 22.0 Å². The normalized spacial score (nSPS) is 17.2. The SMILES string of the molecule is C(#CC1CCC([P+](c2ccccc2)(c2ccccc2)c2ccccc2)O1)c1ccccc1.F[B-](F)(F)F. The zero-order valence-electron chi connectivity index (χ0n) is 20.1.